The number of rotatable bonds is 9. The Balaban J connectivity index is 2.18. The van der Waals surface area contributed by atoms with Gasteiger partial charge in [0, 0.05) is 24.5 Å². The summed E-state index contributed by atoms with van der Waals surface area (Å²) in [6, 6.07) is 0.268. The molecule has 20 heavy (non-hydrogen) atoms. The van der Waals surface area contributed by atoms with E-state index in [1.807, 2.05) is 20.8 Å². The van der Waals surface area contributed by atoms with Crippen LogP contribution in [-0.4, -0.2) is 41.7 Å². The van der Waals surface area contributed by atoms with Gasteiger partial charge in [0.25, 0.3) is 0 Å². The average Bonchev–Trinajstić information content (AvgIpc) is 2.38. The monoisotopic (exact) mass is 302 g/mol. The predicted molar refractivity (Wildman–Crippen MR) is 86.0 cm³/mol. The Bertz CT molecular complexity index is 294. The van der Waals surface area contributed by atoms with Gasteiger partial charge in [0.1, 0.15) is 0 Å². The summed E-state index contributed by atoms with van der Waals surface area (Å²) in [7, 11) is 0. The summed E-state index contributed by atoms with van der Waals surface area (Å²) in [5.74, 6) is 0.921. The SMILES string of the molecule is CC(C)NC(C)(CCCCSC1CCOCC1)C(N)=O. The van der Waals surface area contributed by atoms with Crippen molar-refractivity contribution in [1.82, 2.24) is 5.32 Å². The minimum Gasteiger partial charge on any atom is -0.381 e. The molecule has 1 rings (SSSR count). The first kappa shape index (κ1) is 17.8. The van der Waals surface area contributed by atoms with Gasteiger partial charge in [-0.2, -0.15) is 11.8 Å². The van der Waals surface area contributed by atoms with Crippen molar-refractivity contribution in [1.29, 1.82) is 0 Å². The number of amides is 1. The van der Waals surface area contributed by atoms with E-state index in [9.17, 15) is 4.79 Å². The van der Waals surface area contributed by atoms with E-state index in [1.54, 1.807) is 0 Å². The summed E-state index contributed by atoms with van der Waals surface area (Å²) in [4.78, 5) is 11.6. The van der Waals surface area contributed by atoms with E-state index in [0.29, 0.717) is 0 Å². The van der Waals surface area contributed by atoms with Crippen LogP contribution in [0, 0.1) is 0 Å². The van der Waals surface area contributed by atoms with Crippen LogP contribution in [0.4, 0.5) is 0 Å². The number of thioether (sulfide) groups is 1. The Morgan fingerprint density at radius 1 is 1.40 bits per heavy atom. The molecule has 5 heteroatoms. The fraction of sp³-hybridized carbons (Fsp3) is 0.933. The van der Waals surface area contributed by atoms with Crippen LogP contribution in [0.15, 0.2) is 0 Å². The van der Waals surface area contributed by atoms with Gasteiger partial charge in [0.05, 0.1) is 5.54 Å². The minimum atomic E-state index is -0.572. The van der Waals surface area contributed by atoms with Crippen molar-refractivity contribution in [2.45, 2.75) is 69.7 Å². The number of hydrogen-bond donors (Lipinski definition) is 2. The quantitative estimate of drug-likeness (QED) is 0.642. The second-order valence-corrected chi connectivity index (χ2v) is 7.54. The Kier molecular flexibility index (Phi) is 7.92. The van der Waals surface area contributed by atoms with Crippen molar-refractivity contribution in [3.05, 3.63) is 0 Å². The van der Waals surface area contributed by atoms with Crippen LogP contribution in [0.2, 0.25) is 0 Å². The van der Waals surface area contributed by atoms with Crippen LogP contribution in [0.25, 0.3) is 0 Å². The largest absolute Gasteiger partial charge is 0.381 e. The highest BCUT2D eigenvalue weighted by Gasteiger charge is 2.30. The lowest BCUT2D eigenvalue weighted by atomic mass is 9.93. The zero-order valence-electron chi connectivity index (χ0n) is 13.1. The fourth-order valence-electron chi connectivity index (χ4n) is 2.58. The first-order valence-corrected chi connectivity index (χ1v) is 8.76. The molecule has 1 heterocycles. The van der Waals surface area contributed by atoms with E-state index >= 15 is 0 Å². The summed E-state index contributed by atoms with van der Waals surface area (Å²) in [5.41, 5.74) is 4.96. The van der Waals surface area contributed by atoms with Gasteiger partial charge in [-0.3, -0.25) is 4.79 Å². The highest BCUT2D eigenvalue weighted by molar-refractivity contribution is 7.99. The molecule has 118 valence electrons. The van der Waals surface area contributed by atoms with Crippen LogP contribution in [0.3, 0.4) is 0 Å². The van der Waals surface area contributed by atoms with Crippen molar-refractivity contribution < 1.29 is 9.53 Å². The molecule has 1 amide bonds. The number of carbonyl (C=O) groups is 1. The topological polar surface area (TPSA) is 64.3 Å². The Hall–Kier alpha value is -0.260. The number of carbonyl (C=O) groups excluding carboxylic acids is 1. The molecule has 0 bridgehead atoms. The predicted octanol–water partition coefficient (Wildman–Crippen LogP) is 2.31. The third-order valence-electron chi connectivity index (χ3n) is 3.74. The Morgan fingerprint density at radius 2 is 2.05 bits per heavy atom. The van der Waals surface area contributed by atoms with E-state index in [-0.39, 0.29) is 11.9 Å². The highest BCUT2D eigenvalue weighted by Crippen LogP contribution is 2.24. The summed E-state index contributed by atoms with van der Waals surface area (Å²) in [6.45, 7) is 7.83. The highest BCUT2D eigenvalue weighted by atomic mass is 32.2. The molecule has 1 atom stereocenters. The molecular formula is C15H30N2O2S. The first-order chi connectivity index (χ1) is 9.44. The Labute approximate surface area is 127 Å². The van der Waals surface area contributed by atoms with Crippen molar-refractivity contribution in [2.24, 2.45) is 5.73 Å². The molecule has 1 aliphatic heterocycles. The summed E-state index contributed by atoms with van der Waals surface area (Å²) in [5, 5.41) is 4.06. The number of ether oxygens (including phenoxy) is 1. The number of unbranched alkanes of at least 4 members (excludes halogenated alkanes) is 1. The zero-order valence-corrected chi connectivity index (χ0v) is 13.9. The third kappa shape index (κ3) is 6.46. The number of nitrogens with two attached hydrogens (primary N) is 1. The molecule has 0 radical (unpaired) electrons. The maximum atomic E-state index is 11.6. The molecule has 0 aromatic carbocycles. The second-order valence-electron chi connectivity index (χ2n) is 6.14. The summed E-state index contributed by atoms with van der Waals surface area (Å²) < 4.78 is 5.36. The smallest absolute Gasteiger partial charge is 0.237 e. The molecule has 0 saturated carbocycles. The van der Waals surface area contributed by atoms with Crippen molar-refractivity contribution in [3.8, 4) is 0 Å². The maximum Gasteiger partial charge on any atom is 0.237 e. The van der Waals surface area contributed by atoms with Gasteiger partial charge in [0.15, 0.2) is 0 Å². The molecule has 1 fully saturated rings. The number of primary amides is 1. The van der Waals surface area contributed by atoms with E-state index in [4.69, 9.17) is 10.5 Å². The molecule has 1 unspecified atom stereocenters. The molecule has 3 N–H and O–H groups in total. The van der Waals surface area contributed by atoms with Gasteiger partial charge in [-0.05, 0) is 52.2 Å². The molecule has 1 aliphatic rings. The molecular weight excluding hydrogens is 272 g/mol. The number of hydrogen-bond acceptors (Lipinski definition) is 4. The molecule has 0 aromatic heterocycles. The normalized spacial score (nSPS) is 20.0. The van der Waals surface area contributed by atoms with Crippen LogP contribution in [0.5, 0.6) is 0 Å². The van der Waals surface area contributed by atoms with Crippen LogP contribution in [0.1, 0.15) is 52.9 Å². The van der Waals surface area contributed by atoms with E-state index in [0.717, 1.165) is 37.7 Å². The summed E-state index contributed by atoms with van der Waals surface area (Å²) >= 11 is 2.05. The van der Waals surface area contributed by atoms with E-state index < -0.39 is 5.54 Å². The maximum absolute atomic E-state index is 11.6. The second kappa shape index (κ2) is 8.90. The lowest BCUT2D eigenvalue weighted by molar-refractivity contribution is -0.124. The van der Waals surface area contributed by atoms with Crippen LogP contribution >= 0.6 is 11.8 Å². The van der Waals surface area contributed by atoms with Crippen molar-refractivity contribution >= 4 is 17.7 Å². The lowest BCUT2D eigenvalue weighted by Gasteiger charge is -2.30. The van der Waals surface area contributed by atoms with Crippen molar-refractivity contribution in [2.75, 3.05) is 19.0 Å². The summed E-state index contributed by atoms with van der Waals surface area (Å²) in [6.07, 6.45) is 5.35. The van der Waals surface area contributed by atoms with Gasteiger partial charge in [-0.1, -0.05) is 6.42 Å². The van der Waals surface area contributed by atoms with Gasteiger partial charge in [0.2, 0.25) is 5.91 Å². The van der Waals surface area contributed by atoms with Gasteiger partial charge in [-0.15, -0.1) is 0 Å². The standard InChI is InChI=1S/C15H30N2O2S/c1-12(2)17-15(3,14(16)18)8-4-5-11-20-13-6-9-19-10-7-13/h12-13,17H,4-11H2,1-3H3,(H2,16,18). The van der Waals surface area contributed by atoms with Gasteiger partial charge >= 0.3 is 0 Å². The van der Waals surface area contributed by atoms with E-state index in [2.05, 4.69) is 17.1 Å². The molecule has 1 saturated heterocycles. The minimum absolute atomic E-state index is 0.247. The zero-order chi connectivity index (χ0) is 15.0. The average molecular weight is 302 g/mol. The molecule has 0 aromatic rings. The fourth-order valence-corrected chi connectivity index (χ4v) is 3.81. The number of nitrogens with one attached hydrogen (secondary N) is 1. The lowest BCUT2D eigenvalue weighted by Crippen LogP contribution is -2.55. The molecule has 0 spiro atoms. The Morgan fingerprint density at radius 3 is 2.60 bits per heavy atom. The van der Waals surface area contributed by atoms with E-state index in [1.165, 1.54) is 18.6 Å². The van der Waals surface area contributed by atoms with Crippen LogP contribution in [-0.2, 0) is 9.53 Å². The first-order valence-electron chi connectivity index (χ1n) is 7.71. The molecule has 0 aliphatic carbocycles. The van der Waals surface area contributed by atoms with Crippen LogP contribution < -0.4 is 11.1 Å². The van der Waals surface area contributed by atoms with Crippen molar-refractivity contribution in [3.63, 3.8) is 0 Å². The third-order valence-corrected chi connectivity index (χ3v) is 5.21. The van der Waals surface area contributed by atoms with Gasteiger partial charge < -0.3 is 15.8 Å². The molecule has 4 nitrogen and oxygen atoms in total. The van der Waals surface area contributed by atoms with Gasteiger partial charge in [-0.25, -0.2) is 0 Å².